The van der Waals surface area contributed by atoms with Gasteiger partial charge in [0.15, 0.2) is 0 Å². The minimum atomic E-state index is -2.22. The standard InChI is InChI=1S/C21H28N2.C20H18O8/c1-4-5-6-10-23-14-16-12-20-18(11-15(2)13-22(20)3)17-8-7-9-19(23)21(16)17;1-11-3-7-13(8-4-11)19(25)27-15(17(21)22)16(18(23)24)28-20(26)14-9-5-12(2)6-10-14/h7-9,11,14,18,20H,4-6,10,12-13H2,1-3H3;3-10,15-16H,1-2H3,(H,21,22)(H,23,24)/t18-,20-;15-,16-/m11/s1. The molecule has 1 aliphatic heterocycles. The van der Waals surface area contributed by atoms with Crippen LogP contribution in [-0.2, 0) is 32.0 Å². The second-order valence-electron chi connectivity index (χ2n) is 13.6. The smallest absolute Gasteiger partial charge is 0.349 e. The van der Waals surface area contributed by atoms with Crippen molar-refractivity contribution in [3.05, 3.63) is 118 Å². The fraction of sp³-hybridized carbons (Fsp3) is 0.366. The Morgan fingerprint density at radius 3 is 1.86 bits per heavy atom. The Hall–Kier alpha value is -5.22. The Balaban J connectivity index is 0.000000201. The van der Waals surface area contributed by atoms with E-state index in [1.165, 1.54) is 61.0 Å². The maximum atomic E-state index is 12.2. The lowest BCUT2D eigenvalue weighted by atomic mass is 9.77. The molecular weight excluding hydrogens is 648 g/mol. The van der Waals surface area contributed by atoms with Crippen LogP contribution in [0.3, 0.4) is 0 Å². The number of aryl methyl sites for hydroxylation is 3. The Morgan fingerprint density at radius 1 is 0.804 bits per heavy atom. The number of hydrogen-bond donors (Lipinski definition) is 2. The normalized spacial score (nSPS) is 17.6. The predicted molar refractivity (Wildman–Crippen MR) is 194 cm³/mol. The summed E-state index contributed by atoms with van der Waals surface area (Å²) < 4.78 is 12.2. The van der Waals surface area contributed by atoms with Crippen LogP contribution in [0, 0.1) is 13.8 Å². The number of fused-ring (bicyclic) bond motifs is 2. The third kappa shape index (κ3) is 8.57. The number of carboxylic acid groups (broad SMARTS) is 2. The molecule has 2 heterocycles. The van der Waals surface area contributed by atoms with Crippen molar-refractivity contribution in [3.8, 4) is 0 Å². The van der Waals surface area contributed by atoms with E-state index in [1.807, 2.05) is 0 Å². The van der Waals surface area contributed by atoms with Crippen LogP contribution >= 0.6 is 0 Å². The van der Waals surface area contributed by atoms with Crippen molar-refractivity contribution in [2.75, 3.05) is 13.6 Å². The molecule has 2 aliphatic rings. The molecule has 2 N–H and O–H groups in total. The number of nitrogens with zero attached hydrogens (tertiary/aromatic N) is 2. The molecule has 1 aromatic heterocycles. The van der Waals surface area contributed by atoms with Gasteiger partial charge in [-0.3, -0.25) is 4.90 Å². The molecule has 0 amide bonds. The van der Waals surface area contributed by atoms with Gasteiger partial charge < -0.3 is 24.3 Å². The monoisotopic (exact) mass is 694 g/mol. The molecule has 0 unspecified atom stereocenters. The summed E-state index contributed by atoms with van der Waals surface area (Å²) in [6.45, 7) is 10.4. The molecule has 51 heavy (non-hydrogen) atoms. The lowest BCUT2D eigenvalue weighted by molar-refractivity contribution is -0.166. The summed E-state index contributed by atoms with van der Waals surface area (Å²) in [6, 6.07) is 19.6. The number of aliphatic carboxylic acids is 2. The molecule has 0 radical (unpaired) electrons. The van der Waals surface area contributed by atoms with Gasteiger partial charge in [0.1, 0.15) is 0 Å². The highest BCUT2D eigenvalue weighted by Crippen LogP contribution is 2.42. The highest BCUT2D eigenvalue weighted by atomic mass is 16.6. The lowest BCUT2D eigenvalue weighted by Gasteiger charge is -2.40. The quantitative estimate of drug-likeness (QED) is 0.0971. The van der Waals surface area contributed by atoms with E-state index >= 15 is 0 Å². The van der Waals surface area contributed by atoms with E-state index in [9.17, 15) is 29.4 Å². The van der Waals surface area contributed by atoms with Gasteiger partial charge in [-0.25, -0.2) is 19.2 Å². The van der Waals surface area contributed by atoms with Gasteiger partial charge in [-0.05, 0) is 82.1 Å². The zero-order chi connectivity index (χ0) is 36.8. The van der Waals surface area contributed by atoms with Crippen molar-refractivity contribution in [1.82, 2.24) is 9.47 Å². The number of unbranched alkanes of at least 4 members (excludes halogenated alkanes) is 2. The van der Waals surface area contributed by atoms with E-state index in [0.29, 0.717) is 12.0 Å². The first-order valence-electron chi connectivity index (χ1n) is 17.4. The third-order valence-electron chi connectivity index (χ3n) is 9.56. The second kappa shape index (κ2) is 16.2. The maximum absolute atomic E-state index is 12.2. The number of ether oxygens (including phenoxy) is 2. The first kappa shape index (κ1) is 37.0. The van der Waals surface area contributed by atoms with Crippen molar-refractivity contribution in [2.45, 2.75) is 84.1 Å². The number of carbonyl (C=O) groups is 4. The predicted octanol–water partition coefficient (Wildman–Crippen LogP) is 6.96. The fourth-order valence-electron chi connectivity index (χ4n) is 6.91. The van der Waals surface area contributed by atoms with Crippen LogP contribution in [-0.4, -0.2) is 75.4 Å². The zero-order valence-corrected chi connectivity index (χ0v) is 29.8. The molecule has 3 aromatic carbocycles. The van der Waals surface area contributed by atoms with E-state index in [0.717, 1.165) is 24.2 Å². The summed E-state index contributed by atoms with van der Waals surface area (Å²) in [5.74, 6) is -5.05. The summed E-state index contributed by atoms with van der Waals surface area (Å²) in [4.78, 5) is 49.9. The van der Waals surface area contributed by atoms with Crippen LogP contribution in [0.1, 0.15) is 82.0 Å². The molecule has 6 rings (SSSR count). The SMILES string of the molecule is CCCCCn1cc2c3c(cccc31)[C@H]1C=C(C)CN(C)[C@@H]1C2.Cc1ccc(C(=O)O[C@@H](C(=O)O)[C@@H](OC(=O)c2ccc(C)cc2)C(=O)O)cc1. The number of rotatable bonds is 11. The summed E-state index contributed by atoms with van der Waals surface area (Å²) in [7, 11) is 2.29. The van der Waals surface area contributed by atoms with Gasteiger partial charge in [-0.1, -0.05) is 78.9 Å². The number of esters is 2. The number of carboxylic acids is 2. The lowest BCUT2D eigenvalue weighted by Crippen LogP contribution is -2.45. The summed E-state index contributed by atoms with van der Waals surface area (Å²) >= 11 is 0. The van der Waals surface area contributed by atoms with E-state index in [1.54, 1.807) is 54.6 Å². The summed E-state index contributed by atoms with van der Waals surface area (Å²) in [5.41, 5.74) is 7.87. The van der Waals surface area contributed by atoms with E-state index in [4.69, 9.17) is 9.47 Å². The van der Waals surface area contributed by atoms with Gasteiger partial charge >= 0.3 is 23.9 Å². The topological polar surface area (TPSA) is 135 Å². The molecule has 268 valence electrons. The number of likely N-dealkylation sites (N-methyl/N-ethyl adjacent to an activating group) is 1. The van der Waals surface area contributed by atoms with Gasteiger partial charge in [0.2, 0.25) is 12.2 Å². The van der Waals surface area contributed by atoms with E-state index in [-0.39, 0.29) is 11.1 Å². The Bertz CT molecular complexity index is 1850. The van der Waals surface area contributed by atoms with Gasteiger partial charge in [0.05, 0.1) is 11.1 Å². The van der Waals surface area contributed by atoms with Crippen LogP contribution in [0.25, 0.3) is 10.9 Å². The minimum Gasteiger partial charge on any atom is -0.478 e. The minimum absolute atomic E-state index is 0.0332. The highest BCUT2D eigenvalue weighted by Gasteiger charge is 2.41. The van der Waals surface area contributed by atoms with Gasteiger partial charge in [-0.15, -0.1) is 0 Å². The molecule has 4 atom stereocenters. The van der Waals surface area contributed by atoms with Crippen LogP contribution in [0.4, 0.5) is 0 Å². The number of benzene rings is 3. The molecule has 0 bridgehead atoms. The molecular formula is C41H46N2O8. The van der Waals surface area contributed by atoms with Crippen LogP contribution < -0.4 is 0 Å². The van der Waals surface area contributed by atoms with Crippen molar-refractivity contribution in [1.29, 1.82) is 0 Å². The van der Waals surface area contributed by atoms with Gasteiger partial charge in [0.25, 0.3) is 0 Å². The second-order valence-corrected chi connectivity index (χ2v) is 13.6. The molecule has 10 nitrogen and oxygen atoms in total. The number of hydrogen-bond acceptors (Lipinski definition) is 7. The molecule has 1 aliphatic carbocycles. The Labute approximate surface area is 298 Å². The average Bonchev–Trinajstić information content (AvgIpc) is 3.45. The van der Waals surface area contributed by atoms with Crippen molar-refractivity contribution < 1.29 is 38.9 Å². The Morgan fingerprint density at radius 2 is 1.35 bits per heavy atom. The molecule has 0 saturated heterocycles. The van der Waals surface area contributed by atoms with Crippen molar-refractivity contribution in [3.63, 3.8) is 0 Å². The van der Waals surface area contributed by atoms with E-state index < -0.39 is 36.1 Å². The van der Waals surface area contributed by atoms with Crippen LogP contribution in [0.2, 0.25) is 0 Å². The van der Waals surface area contributed by atoms with Gasteiger partial charge in [0, 0.05) is 42.1 Å². The number of aromatic nitrogens is 1. The van der Waals surface area contributed by atoms with Crippen molar-refractivity contribution in [2.24, 2.45) is 0 Å². The Kier molecular flexibility index (Phi) is 11.8. The maximum Gasteiger partial charge on any atom is 0.349 e. The first-order chi connectivity index (χ1) is 24.4. The largest absolute Gasteiger partial charge is 0.478 e. The van der Waals surface area contributed by atoms with Gasteiger partial charge in [-0.2, -0.15) is 0 Å². The molecule has 4 aromatic rings. The summed E-state index contributed by atoms with van der Waals surface area (Å²) in [5, 5.41) is 20.2. The van der Waals surface area contributed by atoms with Crippen molar-refractivity contribution >= 4 is 34.8 Å². The van der Waals surface area contributed by atoms with Crippen LogP contribution in [0.5, 0.6) is 0 Å². The average molecular weight is 695 g/mol. The molecule has 0 fully saturated rings. The van der Waals surface area contributed by atoms with E-state index in [2.05, 4.69) is 60.8 Å². The fourth-order valence-corrected chi connectivity index (χ4v) is 6.91. The zero-order valence-electron chi connectivity index (χ0n) is 29.8. The number of carbonyl (C=O) groups excluding carboxylic acids is 2. The van der Waals surface area contributed by atoms with Crippen LogP contribution in [0.15, 0.2) is 84.6 Å². The third-order valence-corrected chi connectivity index (χ3v) is 9.56. The summed E-state index contributed by atoms with van der Waals surface area (Å²) in [6.07, 6.45) is 5.62. The first-order valence-corrected chi connectivity index (χ1v) is 17.4. The molecule has 10 heteroatoms. The molecule has 0 saturated carbocycles. The highest BCUT2D eigenvalue weighted by molar-refractivity contribution is 5.95. The molecule has 0 spiro atoms.